The maximum atomic E-state index is 5.56. The highest BCUT2D eigenvalue weighted by atomic mass is 16.5. The third kappa shape index (κ3) is 3.86. The summed E-state index contributed by atoms with van der Waals surface area (Å²) in [6.07, 6.45) is 8.75. The van der Waals surface area contributed by atoms with Crippen LogP contribution in [-0.2, 0) is 0 Å². The van der Waals surface area contributed by atoms with Gasteiger partial charge in [-0.3, -0.25) is 0 Å². The molecule has 0 bridgehead atoms. The maximum absolute atomic E-state index is 5.56. The van der Waals surface area contributed by atoms with E-state index in [2.05, 4.69) is 43.4 Å². The van der Waals surface area contributed by atoms with E-state index in [1.54, 1.807) is 12.7 Å². The second kappa shape index (κ2) is 7.49. The molecule has 2 heteroatoms. The standard InChI is InChI=1S/C18H27NO/c1-4-19-17(13-15-8-6-5-7-9-15)16-12-14(2)10-11-18(16)20-3/h8,10-12,17,19H,4-7,9,13H2,1-3H3. The van der Waals surface area contributed by atoms with Gasteiger partial charge in [-0.2, -0.15) is 0 Å². The van der Waals surface area contributed by atoms with Gasteiger partial charge in [0.1, 0.15) is 5.75 Å². The monoisotopic (exact) mass is 273 g/mol. The first-order valence-corrected chi connectivity index (χ1v) is 7.80. The number of aryl methyl sites for hydroxylation is 1. The molecule has 0 aromatic heterocycles. The van der Waals surface area contributed by atoms with Crippen LogP contribution in [0.5, 0.6) is 5.75 Å². The second-order valence-electron chi connectivity index (χ2n) is 5.67. The van der Waals surface area contributed by atoms with Crippen LogP contribution in [0.4, 0.5) is 0 Å². The lowest BCUT2D eigenvalue weighted by Crippen LogP contribution is -2.22. The molecule has 110 valence electrons. The van der Waals surface area contributed by atoms with Gasteiger partial charge in [0.25, 0.3) is 0 Å². The number of ether oxygens (including phenoxy) is 1. The summed E-state index contributed by atoms with van der Waals surface area (Å²) in [7, 11) is 1.76. The predicted molar refractivity (Wildman–Crippen MR) is 85.3 cm³/mol. The minimum absolute atomic E-state index is 0.360. The van der Waals surface area contributed by atoms with Crippen molar-refractivity contribution >= 4 is 0 Å². The molecule has 2 rings (SSSR count). The average Bonchev–Trinajstić information content (AvgIpc) is 2.48. The fraction of sp³-hybridized carbons (Fsp3) is 0.556. The van der Waals surface area contributed by atoms with Crippen molar-refractivity contribution in [2.45, 2.75) is 52.0 Å². The SMILES string of the molecule is CCNC(CC1=CCCCC1)c1cc(C)ccc1OC. The molecule has 0 heterocycles. The number of benzene rings is 1. The van der Waals surface area contributed by atoms with Crippen LogP contribution in [-0.4, -0.2) is 13.7 Å². The largest absolute Gasteiger partial charge is 0.496 e. The van der Waals surface area contributed by atoms with Crippen molar-refractivity contribution in [3.05, 3.63) is 41.0 Å². The van der Waals surface area contributed by atoms with E-state index in [9.17, 15) is 0 Å². The molecular formula is C18H27NO. The Kier molecular flexibility index (Phi) is 5.66. The molecule has 1 unspecified atom stereocenters. The Labute approximate surface area is 123 Å². The van der Waals surface area contributed by atoms with Crippen LogP contribution in [0.2, 0.25) is 0 Å². The Morgan fingerprint density at radius 1 is 1.30 bits per heavy atom. The molecule has 20 heavy (non-hydrogen) atoms. The van der Waals surface area contributed by atoms with Gasteiger partial charge in [0, 0.05) is 11.6 Å². The molecule has 1 aliphatic carbocycles. The van der Waals surface area contributed by atoms with E-state index in [1.165, 1.54) is 36.8 Å². The van der Waals surface area contributed by atoms with E-state index in [0.29, 0.717) is 6.04 Å². The van der Waals surface area contributed by atoms with Crippen molar-refractivity contribution in [1.29, 1.82) is 0 Å². The normalized spacial score (nSPS) is 16.6. The first kappa shape index (κ1) is 15.1. The van der Waals surface area contributed by atoms with Gasteiger partial charge in [0.05, 0.1) is 7.11 Å². The van der Waals surface area contributed by atoms with Gasteiger partial charge in [-0.1, -0.05) is 36.3 Å². The third-order valence-corrected chi connectivity index (χ3v) is 4.06. The number of hydrogen-bond acceptors (Lipinski definition) is 2. The summed E-state index contributed by atoms with van der Waals surface area (Å²) in [5.74, 6) is 0.998. The molecule has 1 aromatic rings. The second-order valence-corrected chi connectivity index (χ2v) is 5.67. The van der Waals surface area contributed by atoms with E-state index in [1.807, 2.05) is 0 Å². The van der Waals surface area contributed by atoms with Crippen LogP contribution in [0.3, 0.4) is 0 Å². The Bertz CT molecular complexity index is 464. The molecule has 0 aliphatic heterocycles. The third-order valence-electron chi connectivity index (χ3n) is 4.06. The average molecular weight is 273 g/mol. The molecule has 1 atom stereocenters. The van der Waals surface area contributed by atoms with Gasteiger partial charge < -0.3 is 10.1 Å². The van der Waals surface area contributed by atoms with Gasteiger partial charge in [0.15, 0.2) is 0 Å². The summed E-state index contributed by atoms with van der Waals surface area (Å²) in [4.78, 5) is 0. The first-order valence-electron chi connectivity index (χ1n) is 7.80. The van der Waals surface area contributed by atoms with E-state index in [0.717, 1.165) is 18.7 Å². The van der Waals surface area contributed by atoms with Gasteiger partial charge >= 0.3 is 0 Å². The lowest BCUT2D eigenvalue weighted by atomic mass is 9.90. The predicted octanol–water partition coefficient (Wildman–Crippen LogP) is 4.54. The lowest BCUT2D eigenvalue weighted by Gasteiger charge is -2.24. The van der Waals surface area contributed by atoms with Gasteiger partial charge in [-0.05, 0) is 51.6 Å². The van der Waals surface area contributed by atoms with Crippen LogP contribution >= 0.6 is 0 Å². The molecule has 2 nitrogen and oxygen atoms in total. The smallest absolute Gasteiger partial charge is 0.123 e. The van der Waals surface area contributed by atoms with Crippen molar-refractivity contribution in [2.24, 2.45) is 0 Å². The van der Waals surface area contributed by atoms with Crippen LogP contribution in [0.15, 0.2) is 29.8 Å². The molecule has 0 fully saturated rings. The summed E-state index contributed by atoms with van der Waals surface area (Å²) in [6, 6.07) is 6.82. The molecule has 1 N–H and O–H groups in total. The van der Waals surface area contributed by atoms with Gasteiger partial charge in [-0.15, -0.1) is 0 Å². The zero-order chi connectivity index (χ0) is 14.4. The molecule has 0 spiro atoms. The Morgan fingerprint density at radius 3 is 2.80 bits per heavy atom. The Morgan fingerprint density at radius 2 is 2.15 bits per heavy atom. The molecular weight excluding hydrogens is 246 g/mol. The van der Waals surface area contributed by atoms with Crippen molar-refractivity contribution in [3.63, 3.8) is 0 Å². The summed E-state index contributed by atoms with van der Waals surface area (Å²) in [5.41, 5.74) is 4.19. The molecule has 1 aromatic carbocycles. The Hall–Kier alpha value is -1.28. The number of rotatable bonds is 6. The van der Waals surface area contributed by atoms with E-state index in [4.69, 9.17) is 4.74 Å². The molecule has 0 amide bonds. The van der Waals surface area contributed by atoms with Gasteiger partial charge in [-0.25, -0.2) is 0 Å². The molecule has 1 aliphatic rings. The summed E-state index contributed by atoms with van der Waals surface area (Å²) < 4.78 is 5.56. The summed E-state index contributed by atoms with van der Waals surface area (Å²) >= 11 is 0. The topological polar surface area (TPSA) is 21.3 Å². The van der Waals surface area contributed by atoms with Crippen molar-refractivity contribution in [3.8, 4) is 5.75 Å². The highest BCUT2D eigenvalue weighted by Crippen LogP contribution is 2.33. The lowest BCUT2D eigenvalue weighted by molar-refractivity contribution is 0.398. The fourth-order valence-corrected chi connectivity index (χ4v) is 3.02. The van der Waals surface area contributed by atoms with Crippen LogP contribution < -0.4 is 10.1 Å². The van der Waals surface area contributed by atoms with E-state index < -0.39 is 0 Å². The maximum Gasteiger partial charge on any atom is 0.123 e. The number of hydrogen-bond donors (Lipinski definition) is 1. The number of nitrogens with one attached hydrogen (secondary N) is 1. The zero-order valence-electron chi connectivity index (χ0n) is 13.0. The number of methoxy groups -OCH3 is 1. The minimum atomic E-state index is 0.360. The van der Waals surface area contributed by atoms with Gasteiger partial charge in [0.2, 0.25) is 0 Å². The molecule has 0 saturated heterocycles. The first-order chi connectivity index (χ1) is 9.74. The number of allylic oxidation sites excluding steroid dienone is 1. The highest BCUT2D eigenvalue weighted by Gasteiger charge is 2.18. The van der Waals surface area contributed by atoms with E-state index in [-0.39, 0.29) is 0 Å². The van der Waals surface area contributed by atoms with Crippen LogP contribution in [0.25, 0.3) is 0 Å². The fourth-order valence-electron chi connectivity index (χ4n) is 3.02. The molecule has 0 radical (unpaired) electrons. The van der Waals surface area contributed by atoms with Crippen molar-refractivity contribution in [2.75, 3.05) is 13.7 Å². The van der Waals surface area contributed by atoms with Crippen LogP contribution in [0.1, 0.15) is 56.2 Å². The highest BCUT2D eigenvalue weighted by molar-refractivity contribution is 5.39. The Balaban J connectivity index is 2.22. The van der Waals surface area contributed by atoms with Crippen LogP contribution in [0, 0.1) is 6.92 Å². The quantitative estimate of drug-likeness (QED) is 0.768. The minimum Gasteiger partial charge on any atom is -0.496 e. The van der Waals surface area contributed by atoms with Crippen molar-refractivity contribution in [1.82, 2.24) is 5.32 Å². The summed E-state index contributed by atoms with van der Waals surface area (Å²) in [5, 5.41) is 3.63. The van der Waals surface area contributed by atoms with Crippen molar-refractivity contribution < 1.29 is 4.74 Å². The molecule has 0 saturated carbocycles. The summed E-state index contributed by atoms with van der Waals surface area (Å²) in [6.45, 7) is 5.30. The zero-order valence-corrected chi connectivity index (χ0v) is 13.0. The van der Waals surface area contributed by atoms with E-state index >= 15 is 0 Å².